The van der Waals surface area contributed by atoms with Crippen molar-refractivity contribution in [1.82, 2.24) is 0 Å². The molecule has 17 heavy (non-hydrogen) atoms. The Bertz CT molecular complexity index is 323. The molecule has 0 saturated carbocycles. The molecule has 0 radical (unpaired) electrons. The quantitative estimate of drug-likeness (QED) is 0.230. The van der Waals surface area contributed by atoms with Gasteiger partial charge in [-0.1, -0.05) is 11.6 Å². The van der Waals surface area contributed by atoms with Crippen LogP contribution < -0.4 is 5.73 Å². The molecule has 0 heterocycles. The fourth-order valence-electron chi connectivity index (χ4n) is 1.27. The number of carbonyl (C=O) groups is 1. The molecular weight excluding hydrogens is 249 g/mol. The van der Waals surface area contributed by atoms with E-state index < -0.39 is 25.8 Å². The highest BCUT2D eigenvalue weighted by molar-refractivity contribution is 7.52. The van der Waals surface area contributed by atoms with E-state index in [-0.39, 0.29) is 6.61 Å². The number of nitrogens with two attached hydrogens (primary N) is 1. The molecule has 6 N–H and O–H groups in total. The van der Waals surface area contributed by atoms with Crippen LogP contribution in [0.4, 0.5) is 0 Å². The summed E-state index contributed by atoms with van der Waals surface area (Å²) in [5, 5.41) is 17.2. The van der Waals surface area contributed by atoms with Crippen LogP contribution >= 0.6 is 7.60 Å². The Morgan fingerprint density at radius 3 is 2.35 bits per heavy atom. The van der Waals surface area contributed by atoms with Gasteiger partial charge in [0.15, 0.2) is 0 Å². The third kappa shape index (κ3) is 9.02. The van der Waals surface area contributed by atoms with Crippen LogP contribution in [0.25, 0.3) is 0 Å². The van der Waals surface area contributed by atoms with Crippen LogP contribution in [0.5, 0.6) is 0 Å². The fraction of sp³-hybridized carbons (Fsp3) is 0.667. The highest BCUT2D eigenvalue weighted by Gasteiger charge is 2.18. The summed E-state index contributed by atoms with van der Waals surface area (Å²) in [5.41, 5.74) is 5.57. The molecule has 0 aromatic carbocycles. The Hall–Kier alpha value is -0.720. The average molecular weight is 267 g/mol. The van der Waals surface area contributed by atoms with Crippen molar-refractivity contribution in [3.63, 3.8) is 0 Å². The number of rotatable bonds is 8. The van der Waals surface area contributed by atoms with Gasteiger partial charge in [-0.2, -0.15) is 0 Å². The Labute approximate surface area is 99.1 Å². The van der Waals surface area contributed by atoms with Gasteiger partial charge in [-0.05, 0) is 19.3 Å². The van der Waals surface area contributed by atoms with Gasteiger partial charge in [0.1, 0.15) is 6.04 Å². The van der Waals surface area contributed by atoms with Crippen molar-refractivity contribution in [2.24, 2.45) is 5.73 Å². The van der Waals surface area contributed by atoms with Gasteiger partial charge in [-0.25, -0.2) is 0 Å². The summed E-state index contributed by atoms with van der Waals surface area (Å²) in [6.07, 6.45) is 1.97. The number of carboxylic acids is 1. The first kappa shape index (κ1) is 16.3. The molecule has 0 saturated heterocycles. The lowest BCUT2D eigenvalue weighted by atomic mass is 10.1. The largest absolute Gasteiger partial charge is 0.480 e. The highest BCUT2D eigenvalue weighted by Crippen LogP contribution is 2.37. The second-order valence-electron chi connectivity index (χ2n) is 3.69. The minimum Gasteiger partial charge on any atom is -0.480 e. The second-order valence-corrected chi connectivity index (χ2v) is 5.34. The molecule has 8 heteroatoms. The van der Waals surface area contributed by atoms with Crippen molar-refractivity contribution < 1.29 is 29.4 Å². The maximum atomic E-state index is 10.8. The molecular formula is C9H18NO6P. The predicted octanol–water partition coefficient (Wildman–Crippen LogP) is -0.335. The molecule has 0 aliphatic carbocycles. The lowest BCUT2D eigenvalue weighted by molar-refractivity contribution is -0.137. The maximum absolute atomic E-state index is 10.8. The molecule has 0 aliphatic rings. The van der Waals surface area contributed by atoms with Crippen molar-refractivity contribution in [3.05, 3.63) is 11.6 Å². The first-order chi connectivity index (χ1) is 7.76. The first-order valence-electron chi connectivity index (χ1n) is 5.09. The minimum absolute atomic E-state index is 0.0197. The van der Waals surface area contributed by atoms with Crippen molar-refractivity contribution in [3.8, 4) is 0 Å². The van der Waals surface area contributed by atoms with Gasteiger partial charge in [0, 0.05) is 6.61 Å². The zero-order chi connectivity index (χ0) is 13.5. The molecule has 0 aromatic rings. The topological polar surface area (TPSA) is 141 Å². The zero-order valence-electron chi connectivity index (χ0n) is 9.32. The van der Waals surface area contributed by atoms with E-state index in [0.29, 0.717) is 24.8 Å². The summed E-state index contributed by atoms with van der Waals surface area (Å²) < 4.78 is 10.8. The maximum Gasteiger partial charge on any atom is 0.329 e. The highest BCUT2D eigenvalue weighted by atomic mass is 31.2. The van der Waals surface area contributed by atoms with E-state index in [9.17, 15) is 9.36 Å². The molecule has 0 aromatic heterocycles. The van der Waals surface area contributed by atoms with Gasteiger partial charge in [-0.15, -0.1) is 0 Å². The van der Waals surface area contributed by atoms with Gasteiger partial charge in [0.05, 0.1) is 6.16 Å². The van der Waals surface area contributed by atoms with Crippen molar-refractivity contribution in [1.29, 1.82) is 0 Å². The summed E-state index contributed by atoms with van der Waals surface area (Å²) in [4.78, 5) is 28.2. The molecule has 0 aliphatic heterocycles. The van der Waals surface area contributed by atoms with E-state index in [1.807, 2.05) is 0 Å². The third-order valence-electron chi connectivity index (χ3n) is 2.02. The smallest absolute Gasteiger partial charge is 0.329 e. The number of carboxylic acid groups (broad SMARTS) is 1. The van der Waals surface area contributed by atoms with Crippen LogP contribution in [0.3, 0.4) is 0 Å². The third-order valence-corrected chi connectivity index (χ3v) is 2.83. The monoisotopic (exact) mass is 267 g/mol. The van der Waals surface area contributed by atoms with Crippen LogP contribution in [0, 0.1) is 0 Å². The Morgan fingerprint density at radius 2 is 1.94 bits per heavy atom. The van der Waals surface area contributed by atoms with E-state index in [0.717, 1.165) is 6.08 Å². The number of hydrogen-bond donors (Lipinski definition) is 5. The molecule has 0 rings (SSSR count). The van der Waals surface area contributed by atoms with Crippen LogP contribution in [0.1, 0.15) is 19.3 Å². The van der Waals surface area contributed by atoms with E-state index in [2.05, 4.69) is 0 Å². The number of aliphatic hydroxyl groups is 1. The lowest BCUT2D eigenvalue weighted by Gasteiger charge is -2.10. The summed E-state index contributed by atoms with van der Waals surface area (Å²) in [6, 6.07) is -1.27. The Balaban J connectivity index is 4.60. The standard InChI is InChI=1S/C9H18NO6P/c10-8(9(12)13)5-7(3-1-2-4-11)6-17(14,15)16/h5,8,11H,1-4,6,10H2,(H,12,13)(H2,14,15,16). The Morgan fingerprint density at radius 1 is 1.35 bits per heavy atom. The van der Waals surface area contributed by atoms with Gasteiger partial charge >= 0.3 is 13.6 Å². The summed E-state index contributed by atoms with van der Waals surface area (Å²) in [6.45, 7) is -0.0197. The van der Waals surface area contributed by atoms with Crippen LogP contribution in [0.2, 0.25) is 0 Å². The van der Waals surface area contributed by atoms with Crippen molar-refractivity contribution in [2.75, 3.05) is 12.8 Å². The zero-order valence-corrected chi connectivity index (χ0v) is 10.2. The van der Waals surface area contributed by atoms with Crippen LogP contribution in [-0.4, -0.2) is 44.8 Å². The number of unbranched alkanes of at least 4 members (excludes halogenated alkanes) is 1. The van der Waals surface area contributed by atoms with Gasteiger partial charge in [0.2, 0.25) is 0 Å². The number of allylic oxidation sites excluding steroid dienone is 1. The number of aliphatic carboxylic acids is 1. The van der Waals surface area contributed by atoms with Gasteiger partial charge in [0.25, 0.3) is 0 Å². The number of hydrogen-bond acceptors (Lipinski definition) is 4. The first-order valence-corrected chi connectivity index (χ1v) is 6.89. The van der Waals surface area contributed by atoms with Crippen LogP contribution in [-0.2, 0) is 9.36 Å². The molecule has 7 nitrogen and oxygen atoms in total. The SMILES string of the molecule is NC(C=C(CCCCO)CP(=O)(O)O)C(=O)O. The molecule has 100 valence electrons. The second kappa shape index (κ2) is 7.58. The summed E-state index contributed by atoms with van der Waals surface area (Å²) in [7, 11) is -4.24. The van der Waals surface area contributed by atoms with Crippen LogP contribution in [0.15, 0.2) is 11.6 Å². The minimum atomic E-state index is -4.24. The molecule has 0 bridgehead atoms. The normalized spacial score (nSPS) is 14.7. The molecule has 0 amide bonds. The lowest BCUT2D eigenvalue weighted by Crippen LogP contribution is -2.28. The average Bonchev–Trinajstić information content (AvgIpc) is 2.15. The van der Waals surface area contributed by atoms with E-state index in [4.69, 9.17) is 25.7 Å². The molecule has 1 atom stereocenters. The molecule has 0 spiro atoms. The van der Waals surface area contributed by atoms with Gasteiger partial charge in [-0.3, -0.25) is 9.36 Å². The predicted molar refractivity (Wildman–Crippen MR) is 61.5 cm³/mol. The van der Waals surface area contributed by atoms with E-state index >= 15 is 0 Å². The fourth-order valence-corrected chi connectivity index (χ4v) is 2.06. The molecule has 0 fully saturated rings. The molecule has 1 unspecified atom stereocenters. The summed E-state index contributed by atoms with van der Waals surface area (Å²) >= 11 is 0. The number of aliphatic hydroxyl groups excluding tert-OH is 1. The Kier molecular flexibility index (Phi) is 7.26. The van der Waals surface area contributed by atoms with Crippen molar-refractivity contribution in [2.45, 2.75) is 25.3 Å². The summed E-state index contributed by atoms with van der Waals surface area (Å²) in [5.74, 6) is -1.25. The van der Waals surface area contributed by atoms with Crippen molar-refractivity contribution >= 4 is 13.6 Å². The van der Waals surface area contributed by atoms with E-state index in [1.165, 1.54) is 0 Å². The van der Waals surface area contributed by atoms with E-state index in [1.54, 1.807) is 0 Å². The van der Waals surface area contributed by atoms with Gasteiger partial charge < -0.3 is 25.7 Å².